The van der Waals surface area contributed by atoms with Crippen LogP contribution in [-0.4, -0.2) is 33.7 Å². The first kappa shape index (κ1) is 20.2. The van der Waals surface area contributed by atoms with Gasteiger partial charge in [0.2, 0.25) is 0 Å². The lowest BCUT2D eigenvalue weighted by Gasteiger charge is -2.09. The minimum absolute atomic E-state index is 0.175. The summed E-state index contributed by atoms with van der Waals surface area (Å²) < 4.78 is 8.59. The zero-order chi connectivity index (χ0) is 21.6. The topological polar surface area (TPSA) is 78.1 Å². The quantitative estimate of drug-likeness (QED) is 0.504. The molecular formula is C24H22N4O3. The van der Waals surface area contributed by atoms with E-state index in [4.69, 9.17) is 4.74 Å². The second-order valence-electron chi connectivity index (χ2n) is 6.93. The summed E-state index contributed by atoms with van der Waals surface area (Å²) in [5.41, 5.74) is 2.80. The summed E-state index contributed by atoms with van der Waals surface area (Å²) in [4.78, 5) is 29.2. The molecule has 4 rings (SSSR count). The number of aromatic nitrogens is 3. The van der Waals surface area contributed by atoms with E-state index in [0.29, 0.717) is 24.3 Å². The van der Waals surface area contributed by atoms with Crippen LogP contribution in [-0.2, 0) is 6.54 Å². The molecule has 0 spiro atoms. The molecule has 0 aliphatic rings. The monoisotopic (exact) mass is 414 g/mol. The number of ether oxygens (including phenoxy) is 1. The molecule has 31 heavy (non-hydrogen) atoms. The molecule has 1 amide bonds. The van der Waals surface area contributed by atoms with Crippen molar-refractivity contribution in [3.63, 3.8) is 0 Å². The van der Waals surface area contributed by atoms with Crippen molar-refractivity contribution >= 4 is 5.91 Å². The van der Waals surface area contributed by atoms with Crippen molar-refractivity contribution in [1.29, 1.82) is 0 Å². The number of rotatable bonds is 7. The summed E-state index contributed by atoms with van der Waals surface area (Å²) >= 11 is 0. The summed E-state index contributed by atoms with van der Waals surface area (Å²) in [6.45, 7) is 0.656. The van der Waals surface area contributed by atoms with Crippen molar-refractivity contribution in [3.05, 3.63) is 101 Å². The molecule has 2 aromatic heterocycles. The van der Waals surface area contributed by atoms with E-state index in [0.717, 1.165) is 17.0 Å². The Kier molecular flexibility index (Phi) is 5.93. The average Bonchev–Trinajstić information content (AvgIpc) is 3.35. The molecule has 0 bridgehead atoms. The maximum absolute atomic E-state index is 12.4. The van der Waals surface area contributed by atoms with E-state index in [1.807, 2.05) is 65.5 Å². The Labute approximate surface area is 179 Å². The number of carbonyl (C=O) groups is 1. The first-order valence-electron chi connectivity index (χ1n) is 9.86. The molecule has 156 valence electrons. The molecule has 1 N–H and O–H groups in total. The summed E-state index contributed by atoms with van der Waals surface area (Å²) in [6.07, 6.45) is 5.39. The van der Waals surface area contributed by atoms with E-state index in [-0.39, 0.29) is 11.5 Å². The van der Waals surface area contributed by atoms with Gasteiger partial charge in [-0.05, 0) is 60.7 Å². The number of benzene rings is 2. The number of nitrogens with one attached hydrogen (secondary N) is 1. The van der Waals surface area contributed by atoms with Crippen LogP contribution < -0.4 is 15.6 Å². The van der Waals surface area contributed by atoms with Gasteiger partial charge in [-0.15, -0.1) is 0 Å². The van der Waals surface area contributed by atoms with E-state index >= 15 is 0 Å². The minimum atomic E-state index is -0.185. The Balaban J connectivity index is 1.34. The number of methoxy groups -OCH3 is 1. The van der Waals surface area contributed by atoms with Gasteiger partial charge >= 0.3 is 0 Å². The average molecular weight is 414 g/mol. The van der Waals surface area contributed by atoms with Crippen LogP contribution >= 0.6 is 0 Å². The van der Waals surface area contributed by atoms with Gasteiger partial charge in [-0.3, -0.25) is 14.2 Å². The molecule has 0 aliphatic heterocycles. The first-order chi connectivity index (χ1) is 15.1. The molecular weight excluding hydrogens is 392 g/mol. The number of nitrogens with zero attached hydrogens (tertiary/aromatic N) is 3. The Morgan fingerprint density at radius 3 is 2.39 bits per heavy atom. The standard InChI is InChI=1S/C24H22N4O3/c1-31-21-10-6-18(7-11-21)22-16-23(29)28(17-26-22)15-12-25-24(30)19-4-8-20(9-5-19)27-13-2-3-14-27/h2-11,13-14,16-17H,12,15H2,1H3,(H,25,30). The fourth-order valence-corrected chi connectivity index (χ4v) is 3.20. The zero-order valence-electron chi connectivity index (χ0n) is 17.1. The first-order valence-corrected chi connectivity index (χ1v) is 9.86. The van der Waals surface area contributed by atoms with Crippen LogP contribution in [0.4, 0.5) is 0 Å². The predicted molar refractivity (Wildman–Crippen MR) is 119 cm³/mol. The van der Waals surface area contributed by atoms with Crippen LogP contribution in [0, 0.1) is 0 Å². The van der Waals surface area contributed by atoms with Crippen molar-refractivity contribution in [2.45, 2.75) is 6.54 Å². The summed E-state index contributed by atoms with van der Waals surface area (Å²) in [5, 5.41) is 2.84. The Bertz CT molecular complexity index is 1210. The Hall–Kier alpha value is -4.13. The third kappa shape index (κ3) is 4.72. The zero-order valence-corrected chi connectivity index (χ0v) is 17.1. The van der Waals surface area contributed by atoms with E-state index in [9.17, 15) is 9.59 Å². The number of carbonyl (C=O) groups excluding carboxylic acids is 1. The molecule has 0 saturated carbocycles. The van der Waals surface area contributed by atoms with E-state index in [2.05, 4.69) is 10.3 Å². The van der Waals surface area contributed by atoms with Crippen LogP contribution in [0.15, 0.2) is 90.2 Å². The fraction of sp³-hybridized carbons (Fsp3) is 0.125. The van der Waals surface area contributed by atoms with Crippen LogP contribution in [0.5, 0.6) is 5.75 Å². The SMILES string of the molecule is COc1ccc(-c2cc(=O)n(CCNC(=O)c3ccc(-n4cccc4)cc3)cn2)cc1. The van der Waals surface area contributed by atoms with Gasteiger partial charge in [0, 0.05) is 48.4 Å². The van der Waals surface area contributed by atoms with Gasteiger partial charge in [0.15, 0.2) is 0 Å². The summed E-state index contributed by atoms with van der Waals surface area (Å²) in [7, 11) is 1.60. The lowest BCUT2D eigenvalue weighted by Crippen LogP contribution is -2.30. The van der Waals surface area contributed by atoms with Crippen molar-refractivity contribution < 1.29 is 9.53 Å². The molecule has 0 fully saturated rings. The maximum atomic E-state index is 12.4. The molecule has 0 saturated heterocycles. The van der Waals surface area contributed by atoms with Gasteiger partial charge in [0.05, 0.1) is 19.1 Å². The number of amides is 1. The fourth-order valence-electron chi connectivity index (χ4n) is 3.20. The highest BCUT2D eigenvalue weighted by Crippen LogP contribution is 2.19. The molecule has 7 nitrogen and oxygen atoms in total. The molecule has 0 aliphatic carbocycles. The van der Waals surface area contributed by atoms with E-state index < -0.39 is 0 Å². The van der Waals surface area contributed by atoms with E-state index in [1.54, 1.807) is 19.2 Å². The normalized spacial score (nSPS) is 10.6. The molecule has 4 aromatic rings. The van der Waals surface area contributed by atoms with Crippen molar-refractivity contribution in [2.75, 3.05) is 13.7 Å². The van der Waals surface area contributed by atoms with Gasteiger partial charge in [-0.25, -0.2) is 4.98 Å². The molecule has 7 heteroatoms. The highest BCUT2D eigenvalue weighted by molar-refractivity contribution is 5.94. The van der Waals surface area contributed by atoms with Crippen LogP contribution in [0.1, 0.15) is 10.4 Å². The molecule has 0 radical (unpaired) electrons. The van der Waals surface area contributed by atoms with Gasteiger partial charge in [0.25, 0.3) is 11.5 Å². The van der Waals surface area contributed by atoms with Gasteiger partial charge < -0.3 is 14.6 Å². The van der Waals surface area contributed by atoms with Crippen molar-refractivity contribution in [2.24, 2.45) is 0 Å². The summed E-state index contributed by atoms with van der Waals surface area (Å²) in [5.74, 6) is 0.558. The third-order valence-electron chi connectivity index (χ3n) is 4.94. The lowest BCUT2D eigenvalue weighted by atomic mass is 10.1. The van der Waals surface area contributed by atoms with Crippen molar-refractivity contribution in [3.8, 4) is 22.7 Å². The third-order valence-corrected chi connectivity index (χ3v) is 4.94. The van der Waals surface area contributed by atoms with Gasteiger partial charge in [-0.2, -0.15) is 0 Å². The largest absolute Gasteiger partial charge is 0.497 e. The smallest absolute Gasteiger partial charge is 0.253 e. The highest BCUT2D eigenvalue weighted by atomic mass is 16.5. The van der Waals surface area contributed by atoms with Gasteiger partial charge in [-0.1, -0.05) is 0 Å². The maximum Gasteiger partial charge on any atom is 0.253 e. The summed E-state index contributed by atoms with van der Waals surface area (Å²) in [6, 6.07) is 20.1. The van der Waals surface area contributed by atoms with Gasteiger partial charge in [0.1, 0.15) is 5.75 Å². The minimum Gasteiger partial charge on any atom is -0.497 e. The number of hydrogen-bond acceptors (Lipinski definition) is 4. The lowest BCUT2D eigenvalue weighted by molar-refractivity contribution is 0.0952. The predicted octanol–water partition coefficient (Wildman–Crippen LogP) is 3.14. The Morgan fingerprint density at radius 2 is 1.74 bits per heavy atom. The second-order valence-corrected chi connectivity index (χ2v) is 6.93. The van der Waals surface area contributed by atoms with E-state index in [1.165, 1.54) is 17.0 Å². The van der Waals surface area contributed by atoms with Crippen molar-refractivity contribution in [1.82, 2.24) is 19.4 Å². The highest BCUT2D eigenvalue weighted by Gasteiger charge is 2.07. The van der Waals surface area contributed by atoms with Crippen LogP contribution in [0.2, 0.25) is 0 Å². The number of hydrogen-bond donors (Lipinski definition) is 1. The Morgan fingerprint density at radius 1 is 1.03 bits per heavy atom. The second kappa shape index (κ2) is 9.13. The van der Waals surface area contributed by atoms with Crippen LogP contribution in [0.3, 0.4) is 0 Å². The molecule has 0 unspecified atom stereocenters. The molecule has 2 aromatic carbocycles. The van der Waals surface area contributed by atoms with Crippen LogP contribution in [0.25, 0.3) is 16.9 Å². The molecule has 2 heterocycles. The molecule has 0 atom stereocenters.